The molecule has 0 saturated heterocycles. The highest BCUT2D eigenvalue weighted by molar-refractivity contribution is 7.89. The molecule has 8 nitrogen and oxygen atoms in total. The van der Waals surface area contributed by atoms with Gasteiger partial charge in [0.05, 0.1) is 12.8 Å². The Balaban J connectivity index is 1.86. The summed E-state index contributed by atoms with van der Waals surface area (Å²) in [5.41, 5.74) is 2.91. The molecule has 0 aliphatic heterocycles. The zero-order valence-electron chi connectivity index (χ0n) is 15.4. The number of benzene rings is 2. The van der Waals surface area contributed by atoms with Gasteiger partial charge in [-0.25, -0.2) is 13.6 Å². The Bertz CT molecular complexity index is 1120. The number of anilines is 1. The number of primary sulfonamides is 1. The third kappa shape index (κ3) is 4.21. The molecule has 0 atom stereocenters. The number of rotatable bonds is 6. The van der Waals surface area contributed by atoms with Gasteiger partial charge in [-0.2, -0.15) is 5.10 Å². The van der Waals surface area contributed by atoms with Gasteiger partial charge in [0.2, 0.25) is 10.0 Å². The molecule has 0 bridgehead atoms. The van der Waals surface area contributed by atoms with Crippen molar-refractivity contribution in [2.75, 3.05) is 12.4 Å². The van der Waals surface area contributed by atoms with Crippen molar-refractivity contribution in [2.45, 2.75) is 18.2 Å². The number of nitrogens with two attached hydrogens (primary N) is 1. The van der Waals surface area contributed by atoms with Crippen LogP contribution in [0.1, 0.15) is 23.0 Å². The first-order valence-corrected chi connectivity index (χ1v) is 10.0. The van der Waals surface area contributed by atoms with E-state index in [1.54, 1.807) is 12.1 Å². The normalized spacial score (nSPS) is 11.2. The summed E-state index contributed by atoms with van der Waals surface area (Å²) in [5.74, 6) is -0.220. The molecule has 1 aromatic heterocycles. The molecule has 0 aliphatic rings. The van der Waals surface area contributed by atoms with Crippen LogP contribution in [0.3, 0.4) is 0 Å². The predicted octanol–water partition coefficient (Wildman–Crippen LogP) is 2.55. The van der Waals surface area contributed by atoms with Gasteiger partial charge >= 0.3 is 0 Å². The van der Waals surface area contributed by atoms with Gasteiger partial charge in [-0.1, -0.05) is 19.1 Å². The molecule has 1 amide bonds. The standard InChI is InChI=1S/C19H20N4O4S/c1-3-12-5-4-6-14(9-12)21-19(24)16-11-15(22-23-16)13-7-8-17(27-2)18(10-13)28(20,25)26/h4-11H,3H2,1-2H3,(H,21,24)(H,22,23)(H2,20,25,26). The van der Waals surface area contributed by atoms with Crippen molar-refractivity contribution in [1.29, 1.82) is 0 Å². The number of methoxy groups -OCH3 is 1. The Labute approximate surface area is 162 Å². The SMILES string of the molecule is CCc1cccc(NC(=O)c2cc(-c3ccc(OC)c(S(N)(=O)=O)c3)n[nH]2)c1. The van der Waals surface area contributed by atoms with Crippen molar-refractivity contribution in [3.63, 3.8) is 0 Å². The lowest BCUT2D eigenvalue weighted by Crippen LogP contribution is -2.13. The van der Waals surface area contributed by atoms with E-state index in [1.165, 1.54) is 25.3 Å². The van der Waals surface area contributed by atoms with Crippen molar-refractivity contribution in [3.8, 4) is 17.0 Å². The first kappa shape index (κ1) is 19.6. The maximum Gasteiger partial charge on any atom is 0.273 e. The van der Waals surface area contributed by atoms with Crippen molar-refractivity contribution >= 4 is 21.6 Å². The number of sulfonamides is 1. The lowest BCUT2D eigenvalue weighted by molar-refractivity contribution is 0.102. The van der Waals surface area contributed by atoms with Crippen molar-refractivity contribution in [3.05, 3.63) is 59.8 Å². The smallest absolute Gasteiger partial charge is 0.273 e. The van der Waals surface area contributed by atoms with E-state index >= 15 is 0 Å². The minimum absolute atomic E-state index is 0.135. The molecule has 0 spiro atoms. The number of carbonyl (C=O) groups excluding carboxylic acids is 1. The van der Waals surface area contributed by atoms with Crippen LogP contribution in [0.2, 0.25) is 0 Å². The maximum absolute atomic E-state index is 12.5. The van der Waals surface area contributed by atoms with Crippen LogP contribution in [0.5, 0.6) is 5.75 Å². The van der Waals surface area contributed by atoms with Gasteiger partial charge in [-0.3, -0.25) is 9.89 Å². The minimum atomic E-state index is -3.98. The summed E-state index contributed by atoms with van der Waals surface area (Å²) in [5, 5.41) is 14.8. The lowest BCUT2D eigenvalue weighted by Gasteiger charge is -2.07. The Morgan fingerprint density at radius 1 is 1.21 bits per heavy atom. The summed E-state index contributed by atoms with van der Waals surface area (Å²) in [6.45, 7) is 2.03. The molecule has 1 heterocycles. The number of aromatic amines is 1. The lowest BCUT2D eigenvalue weighted by atomic mass is 10.1. The Hall–Kier alpha value is -3.17. The van der Waals surface area contributed by atoms with E-state index < -0.39 is 10.0 Å². The summed E-state index contributed by atoms with van der Waals surface area (Å²) in [7, 11) is -2.62. The molecule has 0 aliphatic carbocycles. The summed E-state index contributed by atoms with van der Waals surface area (Å²) < 4.78 is 28.6. The van der Waals surface area contributed by atoms with Crippen molar-refractivity contribution < 1.29 is 17.9 Å². The van der Waals surface area contributed by atoms with E-state index in [0.717, 1.165) is 12.0 Å². The van der Waals surface area contributed by atoms with E-state index in [0.29, 0.717) is 16.9 Å². The van der Waals surface area contributed by atoms with Crippen LogP contribution in [0.25, 0.3) is 11.3 Å². The summed E-state index contributed by atoms with van der Waals surface area (Å²) in [6, 6.07) is 13.6. The molecule has 0 unspecified atom stereocenters. The molecule has 0 fully saturated rings. The summed E-state index contributed by atoms with van der Waals surface area (Å²) in [6.07, 6.45) is 0.863. The number of H-pyrrole nitrogens is 1. The maximum atomic E-state index is 12.5. The average molecular weight is 400 g/mol. The number of aryl methyl sites for hydroxylation is 1. The van der Waals surface area contributed by atoms with Crippen LogP contribution >= 0.6 is 0 Å². The highest BCUT2D eigenvalue weighted by Crippen LogP contribution is 2.28. The Morgan fingerprint density at radius 3 is 2.68 bits per heavy atom. The van der Waals surface area contributed by atoms with Crippen LogP contribution in [-0.4, -0.2) is 31.6 Å². The van der Waals surface area contributed by atoms with E-state index in [-0.39, 0.29) is 22.2 Å². The van der Waals surface area contributed by atoms with Crippen molar-refractivity contribution in [1.82, 2.24) is 10.2 Å². The summed E-state index contributed by atoms with van der Waals surface area (Å²) >= 11 is 0. The average Bonchev–Trinajstić information content (AvgIpc) is 3.17. The van der Waals surface area contributed by atoms with Crippen LogP contribution in [0.4, 0.5) is 5.69 Å². The van der Waals surface area contributed by atoms with Crippen LogP contribution in [0.15, 0.2) is 53.4 Å². The fourth-order valence-electron chi connectivity index (χ4n) is 2.71. The molecule has 2 aromatic carbocycles. The van der Waals surface area contributed by atoms with Gasteiger partial charge in [0.25, 0.3) is 5.91 Å². The van der Waals surface area contributed by atoms with Gasteiger partial charge < -0.3 is 10.1 Å². The predicted molar refractivity (Wildman–Crippen MR) is 106 cm³/mol. The fraction of sp³-hybridized carbons (Fsp3) is 0.158. The molecule has 3 rings (SSSR count). The minimum Gasteiger partial charge on any atom is -0.495 e. The molecule has 146 valence electrons. The molecular formula is C19H20N4O4S. The van der Waals surface area contributed by atoms with E-state index in [4.69, 9.17) is 9.88 Å². The van der Waals surface area contributed by atoms with E-state index in [2.05, 4.69) is 15.5 Å². The number of carbonyl (C=O) groups is 1. The topological polar surface area (TPSA) is 127 Å². The van der Waals surface area contributed by atoms with Gasteiger partial charge in [-0.05, 0) is 48.4 Å². The molecule has 9 heteroatoms. The highest BCUT2D eigenvalue weighted by atomic mass is 32.2. The number of hydrogen-bond donors (Lipinski definition) is 3. The number of aromatic nitrogens is 2. The number of nitrogens with zero attached hydrogens (tertiary/aromatic N) is 1. The highest BCUT2D eigenvalue weighted by Gasteiger charge is 2.18. The second-order valence-corrected chi connectivity index (χ2v) is 7.62. The first-order chi connectivity index (χ1) is 13.3. The van der Waals surface area contributed by atoms with E-state index in [1.807, 2.05) is 25.1 Å². The third-order valence-electron chi connectivity index (χ3n) is 4.18. The van der Waals surface area contributed by atoms with Gasteiger partial charge in [0.1, 0.15) is 16.3 Å². The molecule has 28 heavy (non-hydrogen) atoms. The largest absolute Gasteiger partial charge is 0.495 e. The molecular weight excluding hydrogens is 380 g/mol. The molecule has 0 radical (unpaired) electrons. The quantitative estimate of drug-likeness (QED) is 0.586. The second-order valence-electron chi connectivity index (χ2n) is 6.09. The number of amides is 1. The zero-order chi connectivity index (χ0) is 20.3. The van der Waals surface area contributed by atoms with Gasteiger partial charge in [0.15, 0.2) is 0 Å². The van der Waals surface area contributed by atoms with Crippen LogP contribution in [-0.2, 0) is 16.4 Å². The molecule has 4 N–H and O–H groups in total. The Morgan fingerprint density at radius 2 is 2.00 bits per heavy atom. The number of nitrogens with one attached hydrogen (secondary N) is 2. The van der Waals surface area contributed by atoms with Crippen molar-refractivity contribution in [2.24, 2.45) is 5.14 Å². The monoisotopic (exact) mass is 400 g/mol. The number of ether oxygens (including phenoxy) is 1. The van der Waals surface area contributed by atoms with Crippen LogP contribution in [0, 0.1) is 0 Å². The zero-order valence-corrected chi connectivity index (χ0v) is 16.2. The number of hydrogen-bond acceptors (Lipinski definition) is 5. The first-order valence-electron chi connectivity index (χ1n) is 8.48. The molecule has 3 aromatic rings. The Kier molecular flexibility index (Phi) is 5.48. The van der Waals surface area contributed by atoms with Gasteiger partial charge in [-0.15, -0.1) is 0 Å². The van der Waals surface area contributed by atoms with Crippen LogP contribution < -0.4 is 15.2 Å². The summed E-state index contributed by atoms with van der Waals surface area (Å²) in [4.78, 5) is 12.3. The van der Waals surface area contributed by atoms with E-state index in [9.17, 15) is 13.2 Å². The molecule has 0 saturated carbocycles. The van der Waals surface area contributed by atoms with Gasteiger partial charge in [0, 0.05) is 11.3 Å². The third-order valence-corrected chi connectivity index (χ3v) is 5.11. The fourth-order valence-corrected chi connectivity index (χ4v) is 3.43. The second kappa shape index (κ2) is 7.83.